The fourth-order valence-electron chi connectivity index (χ4n) is 4.89. The number of fused-ring (bicyclic) bond motifs is 1. The van der Waals surface area contributed by atoms with Crippen LogP contribution in [0.3, 0.4) is 0 Å². The highest BCUT2D eigenvalue weighted by Crippen LogP contribution is 2.36. The van der Waals surface area contributed by atoms with Crippen molar-refractivity contribution in [2.24, 2.45) is 0 Å². The molecule has 3 aromatic rings. The zero-order valence-corrected chi connectivity index (χ0v) is 21.9. The first-order chi connectivity index (χ1) is 19.9. The van der Waals surface area contributed by atoms with Crippen molar-refractivity contribution in [3.05, 3.63) is 46.6 Å². The number of phenols is 3. The molecular formula is C27H30O15. The molecule has 1 aromatic heterocycles. The van der Waals surface area contributed by atoms with E-state index in [9.17, 15) is 50.8 Å². The molecule has 2 aliphatic heterocycles. The monoisotopic (exact) mass is 594 g/mol. The van der Waals surface area contributed by atoms with Gasteiger partial charge in [-0.05, 0) is 25.1 Å². The Kier molecular flexibility index (Phi) is 8.30. The van der Waals surface area contributed by atoms with Gasteiger partial charge in [0, 0.05) is 23.8 Å². The summed E-state index contributed by atoms with van der Waals surface area (Å²) in [5, 5.41) is 90.4. The number of hydrogen-bond acceptors (Lipinski definition) is 15. The van der Waals surface area contributed by atoms with Crippen molar-refractivity contribution in [3.8, 4) is 34.3 Å². The van der Waals surface area contributed by atoms with E-state index in [1.807, 2.05) is 0 Å². The molecule has 0 spiro atoms. The Morgan fingerprint density at radius 3 is 2.21 bits per heavy atom. The van der Waals surface area contributed by atoms with Crippen LogP contribution in [0.5, 0.6) is 23.0 Å². The van der Waals surface area contributed by atoms with Gasteiger partial charge in [-0.25, -0.2) is 0 Å². The minimum Gasteiger partial charge on any atom is -0.507 e. The molecule has 5 rings (SSSR count). The van der Waals surface area contributed by atoms with E-state index in [0.29, 0.717) is 0 Å². The van der Waals surface area contributed by atoms with Crippen LogP contribution in [0.15, 0.2) is 45.6 Å². The van der Waals surface area contributed by atoms with E-state index in [1.165, 1.54) is 31.2 Å². The summed E-state index contributed by atoms with van der Waals surface area (Å²) >= 11 is 0. The molecule has 2 fully saturated rings. The normalized spacial score (nSPS) is 32.2. The average Bonchev–Trinajstić information content (AvgIpc) is 3.22. The third kappa shape index (κ3) is 5.49. The maximum atomic E-state index is 12.7. The number of aliphatic hydroxyl groups is 6. The van der Waals surface area contributed by atoms with E-state index in [-0.39, 0.29) is 33.8 Å². The molecule has 0 aliphatic carbocycles. The fourth-order valence-corrected chi connectivity index (χ4v) is 4.89. The fraction of sp³-hybridized carbons (Fsp3) is 0.444. The molecular weight excluding hydrogens is 564 g/mol. The average molecular weight is 595 g/mol. The highest BCUT2D eigenvalue weighted by Gasteiger charge is 2.50. The van der Waals surface area contributed by atoms with Gasteiger partial charge >= 0.3 is 0 Å². The topological polar surface area (TPSA) is 249 Å². The number of hydrogen-bond donors (Lipinski definition) is 9. The molecule has 0 saturated carbocycles. The molecule has 10 atom stereocenters. The van der Waals surface area contributed by atoms with Crippen molar-refractivity contribution in [2.75, 3.05) is 6.61 Å². The molecule has 15 nitrogen and oxygen atoms in total. The molecule has 228 valence electrons. The van der Waals surface area contributed by atoms with Gasteiger partial charge in [-0.2, -0.15) is 0 Å². The van der Waals surface area contributed by atoms with Crippen molar-refractivity contribution < 1.29 is 69.3 Å². The molecule has 15 heteroatoms. The second kappa shape index (κ2) is 11.6. The number of rotatable bonds is 7. The van der Waals surface area contributed by atoms with Gasteiger partial charge in [0.1, 0.15) is 71.0 Å². The summed E-state index contributed by atoms with van der Waals surface area (Å²) in [7, 11) is 0. The first-order valence-corrected chi connectivity index (χ1v) is 12.9. The van der Waals surface area contributed by atoms with Crippen LogP contribution >= 0.6 is 0 Å². The van der Waals surface area contributed by atoms with E-state index in [2.05, 4.69) is 0 Å². The zero-order chi connectivity index (χ0) is 30.5. The Morgan fingerprint density at radius 2 is 1.52 bits per heavy atom. The molecule has 2 saturated heterocycles. The minimum atomic E-state index is -1.70. The van der Waals surface area contributed by atoms with E-state index in [1.54, 1.807) is 0 Å². The minimum absolute atomic E-state index is 0.00570. The second-order valence-corrected chi connectivity index (χ2v) is 10.1. The molecule has 2 aliphatic rings. The number of aromatic hydroxyl groups is 3. The quantitative estimate of drug-likeness (QED) is 0.143. The standard InChI is InChI=1S/C27H30O15/c1-9(38-26-23(36)21(34)20(33)18(8-28)41-26)25-22(35)24(37)27(42-25)39-11-5-14(31)19-15(32)7-16(40-17(19)6-11)10-2-3-12(29)13(30)4-10/h2-7,9,18,20-31,33-37H,8H2,1H3. The Morgan fingerprint density at radius 1 is 0.810 bits per heavy atom. The SMILES string of the molecule is CC(OC1OC(CO)C(O)C(O)C1O)C1OC(Oc2cc(O)c3c(=O)cc(-c4ccc(O)c(O)c4)oc3c2)C(O)C1O. The molecule has 2 aromatic carbocycles. The van der Waals surface area contributed by atoms with E-state index < -0.39 is 84.9 Å². The smallest absolute Gasteiger partial charge is 0.229 e. The third-order valence-corrected chi connectivity index (χ3v) is 7.21. The van der Waals surface area contributed by atoms with Gasteiger partial charge in [-0.3, -0.25) is 4.79 Å². The van der Waals surface area contributed by atoms with Crippen LogP contribution in [-0.2, 0) is 14.2 Å². The van der Waals surface area contributed by atoms with Gasteiger partial charge in [-0.15, -0.1) is 0 Å². The highest BCUT2D eigenvalue weighted by molar-refractivity contribution is 5.86. The predicted molar refractivity (Wildman–Crippen MR) is 139 cm³/mol. The Balaban J connectivity index is 1.34. The van der Waals surface area contributed by atoms with E-state index in [0.717, 1.165) is 12.1 Å². The van der Waals surface area contributed by atoms with Crippen LogP contribution in [0.25, 0.3) is 22.3 Å². The Hall–Kier alpha value is -3.51. The summed E-state index contributed by atoms with van der Waals surface area (Å²) in [5.74, 6) is -1.45. The molecule has 42 heavy (non-hydrogen) atoms. The lowest BCUT2D eigenvalue weighted by Gasteiger charge is -2.41. The van der Waals surface area contributed by atoms with Crippen LogP contribution < -0.4 is 10.2 Å². The lowest BCUT2D eigenvalue weighted by molar-refractivity contribution is -0.318. The van der Waals surface area contributed by atoms with Crippen molar-refractivity contribution in [3.63, 3.8) is 0 Å². The van der Waals surface area contributed by atoms with Crippen molar-refractivity contribution in [1.82, 2.24) is 0 Å². The second-order valence-electron chi connectivity index (χ2n) is 10.1. The largest absolute Gasteiger partial charge is 0.507 e. The Bertz CT molecular complexity index is 1490. The van der Waals surface area contributed by atoms with E-state index >= 15 is 0 Å². The maximum absolute atomic E-state index is 12.7. The van der Waals surface area contributed by atoms with Gasteiger partial charge in [0.2, 0.25) is 6.29 Å². The lowest BCUT2D eigenvalue weighted by Crippen LogP contribution is -2.60. The number of phenolic OH excluding ortho intramolecular Hbond substituents is 3. The van der Waals surface area contributed by atoms with Crippen LogP contribution in [0.2, 0.25) is 0 Å². The molecule has 0 bridgehead atoms. The summed E-state index contributed by atoms with van der Waals surface area (Å²) in [6.07, 6.45) is -14.8. The molecule has 10 unspecified atom stereocenters. The number of aliphatic hydroxyl groups excluding tert-OH is 6. The van der Waals surface area contributed by atoms with Gasteiger partial charge in [-0.1, -0.05) is 0 Å². The number of ether oxygens (including phenoxy) is 4. The van der Waals surface area contributed by atoms with Gasteiger partial charge in [0.05, 0.1) is 12.7 Å². The summed E-state index contributed by atoms with van der Waals surface area (Å²) in [4.78, 5) is 12.7. The molecule has 9 N–H and O–H groups in total. The molecule has 0 amide bonds. The maximum Gasteiger partial charge on any atom is 0.229 e. The van der Waals surface area contributed by atoms with Crippen LogP contribution in [0.4, 0.5) is 0 Å². The predicted octanol–water partition coefficient (Wildman–Crippen LogP) is -1.39. The first kappa shape index (κ1) is 30.0. The molecule has 0 radical (unpaired) electrons. The van der Waals surface area contributed by atoms with Gasteiger partial charge in [0.25, 0.3) is 0 Å². The molecule has 3 heterocycles. The van der Waals surface area contributed by atoms with Gasteiger partial charge in [0.15, 0.2) is 23.2 Å². The van der Waals surface area contributed by atoms with Gasteiger partial charge < -0.3 is 69.3 Å². The summed E-state index contributed by atoms with van der Waals surface area (Å²) < 4.78 is 27.9. The zero-order valence-electron chi connectivity index (χ0n) is 21.9. The van der Waals surface area contributed by atoms with E-state index in [4.69, 9.17) is 23.4 Å². The van der Waals surface area contributed by atoms with Crippen molar-refractivity contribution >= 4 is 11.0 Å². The third-order valence-electron chi connectivity index (χ3n) is 7.21. The van der Waals surface area contributed by atoms with Crippen molar-refractivity contribution in [1.29, 1.82) is 0 Å². The highest BCUT2D eigenvalue weighted by atomic mass is 16.7. The van der Waals surface area contributed by atoms with Crippen LogP contribution in [-0.4, -0.2) is 114 Å². The number of benzene rings is 2. The summed E-state index contributed by atoms with van der Waals surface area (Å²) in [5.41, 5.74) is -0.484. The Labute approximate surface area is 236 Å². The van der Waals surface area contributed by atoms with Crippen molar-refractivity contribution in [2.45, 2.75) is 68.3 Å². The lowest BCUT2D eigenvalue weighted by atomic mass is 9.99. The van der Waals surface area contributed by atoms with Crippen LogP contribution in [0.1, 0.15) is 6.92 Å². The summed E-state index contributed by atoms with van der Waals surface area (Å²) in [6, 6.07) is 7.19. The first-order valence-electron chi connectivity index (χ1n) is 12.9. The summed E-state index contributed by atoms with van der Waals surface area (Å²) in [6.45, 7) is 0.748. The van der Waals surface area contributed by atoms with Crippen LogP contribution in [0, 0.1) is 0 Å².